The average Bonchev–Trinajstić information content (AvgIpc) is 2.71. The van der Waals surface area contributed by atoms with E-state index in [1.165, 1.54) is 7.11 Å². The van der Waals surface area contributed by atoms with Crippen LogP contribution in [-0.2, 0) is 14.3 Å². The maximum Gasteiger partial charge on any atom is 0.325 e. The van der Waals surface area contributed by atoms with Gasteiger partial charge in [0.25, 0.3) is 11.8 Å². The Morgan fingerprint density at radius 2 is 1.78 bits per heavy atom. The lowest BCUT2D eigenvalue weighted by molar-refractivity contribution is -0.146. The summed E-state index contributed by atoms with van der Waals surface area (Å²) in [7, 11) is 1.44. The fraction of sp³-hybridized carbons (Fsp3) is 0.158. The summed E-state index contributed by atoms with van der Waals surface area (Å²) in [6.07, 6.45) is 0. The van der Waals surface area contributed by atoms with Crippen LogP contribution in [0.5, 0.6) is 5.75 Å². The molecule has 0 spiro atoms. The van der Waals surface area contributed by atoms with Crippen molar-refractivity contribution in [3.8, 4) is 11.8 Å². The van der Waals surface area contributed by atoms with Crippen molar-refractivity contribution >= 4 is 23.5 Å². The van der Waals surface area contributed by atoms with Crippen LogP contribution in [0.2, 0.25) is 0 Å². The molecule has 2 amide bonds. The minimum absolute atomic E-state index is 0.284. The predicted molar refractivity (Wildman–Crippen MR) is 96.1 cm³/mol. The van der Waals surface area contributed by atoms with Crippen molar-refractivity contribution in [2.45, 2.75) is 0 Å². The van der Waals surface area contributed by atoms with Gasteiger partial charge in [0.1, 0.15) is 12.3 Å². The Morgan fingerprint density at radius 1 is 1.07 bits per heavy atom. The molecule has 0 aliphatic heterocycles. The summed E-state index contributed by atoms with van der Waals surface area (Å²) in [6.45, 7) is -0.885. The summed E-state index contributed by atoms with van der Waals surface area (Å²) < 4.78 is 9.89. The van der Waals surface area contributed by atoms with Gasteiger partial charge in [0.15, 0.2) is 6.61 Å². The number of anilines is 1. The molecule has 0 unspecified atom stereocenters. The van der Waals surface area contributed by atoms with Gasteiger partial charge in [0.2, 0.25) is 0 Å². The molecule has 8 heteroatoms. The van der Waals surface area contributed by atoms with Crippen LogP contribution in [0, 0.1) is 11.3 Å². The molecule has 0 radical (unpaired) electrons. The second-order valence-electron chi connectivity index (χ2n) is 5.28. The highest BCUT2D eigenvalue weighted by Gasteiger charge is 2.14. The monoisotopic (exact) mass is 367 g/mol. The van der Waals surface area contributed by atoms with E-state index in [1.807, 2.05) is 6.07 Å². The lowest BCUT2D eigenvalue weighted by Crippen LogP contribution is -2.32. The van der Waals surface area contributed by atoms with E-state index in [4.69, 9.17) is 14.7 Å². The number of carbonyl (C=O) groups excluding carboxylic acids is 3. The van der Waals surface area contributed by atoms with Crippen molar-refractivity contribution in [1.82, 2.24) is 5.32 Å². The van der Waals surface area contributed by atoms with Crippen LogP contribution in [-0.4, -0.2) is 38.0 Å². The molecule has 2 rings (SSSR count). The predicted octanol–water partition coefficient (Wildman–Crippen LogP) is 1.48. The van der Waals surface area contributed by atoms with E-state index in [0.717, 1.165) is 0 Å². The highest BCUT2D eigenvalue weighted by atomic mass is 16.5. The van der Waals surface area contributed by atoms with Crippen LogP contribution in [0.3, 0.4) is 0 Å². The van der Waals surface area contributed by atoms with Crippen LogP contribution in [0.1, 0.15) is 15.9 Å². The van der Waals surface area contributed by atoms with Gasteiger partial charge in [-0.05, 0) is 36.4 Å². The standard InChI is InChI=1S/C19H17N3O5/c1-26-16-5-3-2-4-15(16)19(25)21-11-18(24)27-12-17(23)22-14-8-6-13(10-20)7-9-14/h2-9H,11-12H2,1H3,(H,21,25)(H,22,23). The first-order valence-electron chi connectivity index (χ1n) is 7.90. The third-order valence-electron chi connectivity index (χ3n) is 3.41. The molecule has 0 fully saturated rings. The fourth-order valence-electron chi connectivity index (χ4n) is 2.10. The van der Waals surface area contributed by atoms with Crippen LogP contribution in [0.4, 0.5) is 5.69 Å². The number of methoxy groups -OCH3 is 1. The first-order valence-corrected chi connectivity index (χ1v) is 7.90. The Bertz CT molecular complexity index is 872. The lowest BCUT2D eigenvalue weighted by atomic mass is 10.2. The van der Waals surface area contributed by atoms with Gasteiger partial charge in [0, 0.05) is 5.69 Å². The minimum atomic E-state index is -0.756. The molecule has 0 saturated carbocycles. The average molecular weight is 367 g/mol. The molecule has 0 saturated heterocycles. The molecule has 0 aromatic heterocycles. The van der Waals surface area contributed by atoms with E-state index in [9.17, 15) is 14.4 Å². The number of nitrogens with zero attached hydrogens (tertiary/aromatic N) is 1. The largest absolute Gasteiger partial charge is 0.496 e. The quantitative estimate of drug-likeness (QED) is 0.716. The zero-order chi connectivity index (χ0) is 19.6. The molecule has 27 heavy (non-hydrogen) atoms. The Hall–Kier alpha value is -3.86. The van der Waals surface area contributed by atoms with Crippen molar-refractivity contribution in [3.63, 3.8) is 0 Å². The number of hydrogen-bond acceptors (Lipinski definition) is 6. The zero-order valence-electron chi connectivity index (χ0n) is 14.5. The third-order valence-corrected chi connectivity index (χ3v) is 3.41. The van der Waals surface area contributed by atoms with Crippen molar-refractivity contribution in [1.29, 1.82) is 5.26 Å². The maximum absolute atomic E-state index is 12.1. The molecular weight excluding hydrogens is 350 g/mol. The molecule has 0 atom stereocenters. The number of benzene rings is 2. The summed E-state index contributed by atoms with van der Waals surface area (Å²) in [5.74, 6) is -1.41. The molecular formula is C19H17N3O5. The number of hydrogen-bond donors (Lipinski definition) is 2. The highest BCUT2D eigenvalue weighted by Crippen LogP contribution is 2.16. The first kappa shape index (κ1) is 19.5. The number of amides is 2. The molecule has 138 valence electrons. The van der Waals surface area contributed by atoms with Gasteiger partial charge in [-0.25, -0.2) is 0 Å². The number of ether oxygens (including phenoxy) is 2. The lowest BCUT2D eigenvalue weighted by Gasteiger charge is -2.09. The smallest absolute Gasteiger partial charge is 0.325 e. The summed E-state index contributed by atoms with van der Waals surface area (Å²) in [4.78, 5) is 35.5. The molecule has 0 aliphatic carbocycles. The van der Waals surface area contributed by atoms with Crippen molar-refractivity contribution in [3.05, 3.63) is 59.7 Å². The fourth-order valence-corrected chi connectivity index (χ4v) is 2.10. The highest BCUT2D eigenvalue weighted by molar-refractivity contribution is 5.98. The summed E-state index contributed by atoms with van der Waals surface area (Å²) in [5, 5.41) is 13.6. The topological polar surface area (TPSA) is 118 Å². The third kappa shape index (κ3) is 5.86. The van der Waals surface area contributed by atoms with Crippen molar-refractivity contribution in [2.75, 3.05) is 25.6 Å². The van der Waals surface area contributed by atoms with E-state index in [1.54, 1.807) is 48.5 Å². The normalized spacial score (nSPS) is 9.63. The number of carbonyl (C=O) groups is 3. The number of esters is 1. The van der Waals surface area contributed by atoms with Crippen LogP contribution < -0.4 is 15.4 Å². The Balaban J connectivity index is 1.76. The maximum atomic E-state index is 12.1. The SMILES string of the molecule is COc1ccccc1C(=O)NCC(=O)OCC(=O)Nc1ccc(C#N)cc1. The Morgan fingerprint density at radius 3 is 2.44 bits per heavy atom. The molecule has 0 heterocycles. The van der Waals surface area contributed by atoms with Gasteiger partial charge in [-0.1, -0.05) is 12.1 Å². The minimum Gasteiger partial charge on any atom is -0.496 e. The Kier molecular flexibility index (Phi) is 6.91. The van der Waals surface area contributed by atoms with E-state index >= 15 is 0 Å². The van der Waals surface area contributed by atoms with Gasteiger partial charge in [-0.15, -0.1) is 0 Å². The zero-order valence-corrected chi connectivity index (χ0v) is 14.5. The van der Waals surface area contributed by atoms with Gasteiger partial charge >= 0.3 is 5.97 Å². The van der Waals surface area contributed by atoms with Gasteiger partial charge in [0.05, 0.1) is 24.3 Å². The van der Waals surface area contributed by atoms with E-state index in [0.29, 0.717) is 17.0 Å². The number of nitrogens with one attached hydrogen (secondary N) is 2. The number of rotatable bonds is 7. The van der Waals surface area contributed by atoms with Crippen LogP contribution in [0.25, 0.3) is 0 Å². The molecule has 0 aliphatic rings. The van der Waals surface area contributed by atoms with Crippen molar-refractivity contribution in [2.24, 2.45) is 0 Å². The van der Waals surface area contributed by atoms with Gasteiger partial charge in [-0.2, -0.15) is 5.26 Å². The summed E-state index contributed by atoms with van der Waals surface area (Å²) >= 11 is 0. The second kappa shape index (κ2) is 9.58. The van der Waals surface area contributed by atoms with E-state index in [-0.39, 0.29) is 12.1 Å². The first-order chi connectivity index (χ1) is 13.0. The summed E-state index contributed by atoms with van der Waals surface area (Å²) in [6, 6.07) is 14.8. The summed E-state index contributed by atoms with van der Waals surface area (Å²) in [5.41, 5.74) is 1.22. The van der Waals surface area contributed by atoms with Gasteiger partial charge in [-0.3, -0.25) is 14.4 Å². The molecule has 2 N–H and O–H groups in total. The molecule has 2 aromatic carbocycles. The van der Waals surface area contributed by atoms with Crippen LogP contribution >= 0.6 is 0 Å². The second-order valence-corrected chi connectivity index (χ2v) is 5.28. The number of nitriles is 1. The molecule has 0 bridgehead atoms. The molecule has 2 aromatic rings. The van der Waals surface area contributed by atoms with Gasteiger partial charge < -0.3 is 20.1 Å². The van der Waals surface area contributed by atoms with E-state index in [2.05, 4.69) is 10.6 Å². The molecule has 8 nitrogen and oxygen atoms in total. The van der Waals surface area contributed by atoms with Crippen LogP contribution in [0.15, 0.2) is 48.5 Å². The van der Waals surface area contributed by atoms with Crippen molar-refractivity contribution < 1.29 is 23.9 Å². The van der Waals surface area contributed by atoms with E-state index < -0.39 is 24.4 Å². The number of para-hydroxylation sites is 1. The Labute approximate surface area is 155 Å².